The van der Waals surface area contributed by atoms with Gasteiger partial charge in [-0.15, -0.1) is 0 Å². The fourth-order valence-electron chi connectivity index (χ4n) is 2.42. The molecule has 1 N–H and O–H groups in total. The van der Waals surface area contributed by atoms with Crippen molar-refractivity contribution < 1.29 is 8.42 Å². The lowest BCUT2D eigenvalue weighted by Crippen LogP contribution is -2.46. The normalized spacial score (nSPS) is 27.2. The minimum Gasteiger partial charge on any atom is -0.316 e. The first-order chi connectivity index (χ1) is 7.97. The van der Waals surface area contributed by atoms with Crippen molar-refractivity contribution in [3.8, 4) is 0 Å². The quantitative estimate of drug-likeness (QED) is 0.737. The molecule has 0 spiro atoms. The lowest BCUT2D eigenvalue weighted by molar-refractivity contribution is 0.220. The van der Waals surface area contributed by atoms with Gasteiger partial charge in [0.25, 0.3) is 0 Å². The van der Waals surface area contributed by atoms with Gasteiger partial charge in [-0.25, -0.2) is 8.42 Å². The van der Waals surface area contributed by atoms with E-state index in [9.17, 15) is 8.42 Å². The minimum atomic E-state index is -3.07. The van der Waals surface area contributed by atoms with Crippen molar-refractivity contribution in [2.45, 2.75) is 46.1 Å². The molecule has 1 aliphatic heterocycles. The average molecular weight is 262 g/mol. The first-order valence-electron chi connectivity index (χ1n) is 6.67. The molecule has 0 aliphatic carbocycles. The molecule has 0 bridgehead atoms. The van der Waals surface area contributed by atoms with Crippen LogP contribution in [0, 0.1) is 5.92 Å². The van der Waals surface area contributed by atoms with Crippen molar-refractivity contribution in [2.24, 2.45) is 5.92 Å². The second-order valence-corrected chi connectivity index (χ2v) is 7.20. The van der Waals surface area contributed by atoms with Gasteiger partial charge in [0.1, 0.15) is 0 Å². The monoisotopic (exact) mass is 262 g/mol. The van der Waals surface area contributed by atoms with Gasteiger partial charge in [0.15, 0.2) is 0 Å². The van der Waals surface area contributed by atoms with E-state index < -0.39 is 10.0 Å². The fourth-order valence-corrected chi connectivity index (χ4v) is 4.07. The molecule has 4 nitrogen and oxygen atoms in total. The van der Waals surface area contributed by atoms with E-state index in [2.05, 4.69) is 19.2 Å². The Morgan fingerprint density at radius 3 is 2.59 bits per heavy atom. The Bertz CT molecular complexity index is 316. The second-order valence-electron chi connectivity index (χ2n) is 5.16. The Morgan fingerprint density at radius 2 is 2.00 bits per heavy atom. The molecule has 5 heteroatoms. The summed E-state index contributed by atoms with van der Waals surface area (Å²) >= 11 is 0. The molecule has 1 aliphatic rings. The van der Waals surface area contributed by atoms with Crippen LogP contribution in [0.15, 0.2) is 0 Å². The van der Waals surface area contributed by atoms with Crippen LogP contribution >= 0.6 is 0 Å². The van der Waals surface area contributed by atoms with Gasteiger partial charge in [-0.05, 0) is 38.6 Å². The van der Waals surface area contributed by atoms with Gasteiger partial charge in [-0.3, -0.25) is 0 Å². The van der Waals surface area contributed by atoms with E-state index in [1.165, 1.54) is 0 Å². The Hall–Kier alpha value is -0.130. The van der Waals surface area contributed by atoms with E-state index in [-0.39, 0.29) is 11.8 Å². The van der Waals surface area contributed by atoms with E-state index in [4.69, 9.17) is 0 Å². The molecule has 0 aromatic rings. The van der Waals surface area contributed by atoms with Crippen LogP contribution in [0.4, 0.5) is 0 Å². The number of piperidine rings is 1. The summed E-state index contributed by atoms with van der Waals surface area (Å²) in [6, 6.07) is 0.162. The molecule has 1 rings (SSSR count). The van der Waals surface area contributed by atoms with Crippen LogP contribution in [-0.2, 0) is 10.0 Å². The molecule has 2 unspecified atom stereocenters. The Balaban J connectivity index is 2.46. The second kappa shape index (κ2) is 6.71. The topological polar surface area (TPSA) is 49.4 Å². The third-order valence-electron chi connectivity index (χ3n) is 3.40. The van der Waals surface area contributed by atoms with Crippen LogP contribution in [0.25, 0.3) is 0 Å². The zero-order valence-electron chi connectivity index (χ0n) is 11.3. The third-order valence-corrected chi connectivity index (χ3v) is 5.38. The van der Waals surface area contributed by atoms with Crippen LogP contribution in [0.5, 0.6) is 0 Å². The van der Waals surface area contributed by atoms with Crippen LogP contribution in [0.3, 0.4) is 0 Å². The lowest BCUT2D eigenvalue weighted by Gasteiger charge is -2.35. The van der Waals surface area contributed by atoms with E-state index in [1.807, 2.05) is 6.92 Å². The molecule has 0 amide bonds. The largest absolute Gasteiger partial charge is 0.316 e. The van der Waals surface area contributed by atoms with Crippen molar-refractivity contribution in [1.82, 2.24) is 9.62 Å². The Labute approximate surface area is 106 Å². The van der Waals surface area contributed by atoms with E-state index >= 15 is 0 Å². The summed E-state index contributed by atoms with van der Waals surface area (Å²) < 4.78 is 26.0. The molecule has 1 fully saturated rings. The number of rotatable bonds is 6. The van der Waals surface area contributed by atoms with Crippen LogP contribution in [0.2, 0.25) is 0 Å². The maximum absolute atomic E-state index is 12.2. The highest BCUT2D eigenvalue weighted by Gasteiger charge is 2.31. The van der Waals surface area contributed by atoms with Crippen LogP contribution in [0.1, 0.15) is 40.0 Å². The summed E-state index contributed by atoms with van der Waals surface area (Å²) in [5.74, 6) is 0.876. The van der Waals surface area contributed by atoms with Crippen molar-refractivity contribution in [3.05, 3.63) is 0 Å². The van der Waals surface area contributed by atoms with E-state index in [0.717, 1.165) is 25.8 Å². The first-order valence-corrected chi connectivity index (χ1v) is 8.28. The zero-order valence-corrected chi connectivity index (χ0v) is 12.1. The summed E-state index contributed by atoms with van der Waals surface area (Å²) in [6.45, 7) is 8.45. The number of nitrogens with zero attached hydrogens (tertiary/aromatic N) is 1. The fraction of sp³-hybridized carbons (Fsp3) is 1.00. The smallest absolute Gasteiger partial charge is 0.215 e. The van der Waals surface area contributed by atoms with E-state index in [1.54, 1.807) is 4.31 Å². The highest BCUT2D eigenvalue weighted by atomic mass is 32.2. The van der Waals surface area contributed by atoms with Crippen LogP contribution in [-0.4, -0.2) is 44.2 Å². The van der Waals surface area contributed by atoms with Gasteiger partial charge >= 0.3 is 0 Å². The molecule has 0 radical (unpaired) electrons. The number of hydrogen-bond donors (Lipinski definition) is 1. The molecule has 0 aromatic carbocycles. The molecular formula is C12H26N2O2S. The Morgan fingerprint density at radius 1 is 1.29 bits per heavy atom. The third kappa shape index (κ3) is 4.56. The summed E-state index contributed by atoms with van der Waals surface area (Å²) in [4.78, 5) is 0. The van der Waals surface area contributed by atoms with Gasteiger partial charge < -0.3 is 5.32 Å². The molecular weight excluding hydrogens is 236 g/mol. The molecule has 1 saturated heterocycles. The minimum absolute atomic E-state index is 0.162. The highest BCUT2D eigenvalue weighted by Crippen LogP contribution is 2.24. The summed E-state index contributed by atoms with van der Waals surface area (Å²) in [7, 11) is -3.07. The predicted octanol–water partition coefficient (Wildman–Crippen LogP) is 1.44. The van der Waals surface area contributed by atoms with Crippen molar-refractivity contribution in [3.63, 3.8) is 0 Å². The van der Waals surface area contributed by atoms with Crippen molar-refractivity contribution in [1.29, 1.82) is 0 Å². The van der Waals surface area contributed by atoms with Crippen molar-refractivity contribution >= 4 is 10.0 Å². The Kier molecular flexibility index (Phi) is 5.89. The summed E-state index contributed by atoms with van der Waals surface area (Å²) in [5.41, 5.74) is 0. The highest BCUT2D eigenvalue weighted by molar-refractivity contribution is 7.89. The number of sulfonamides is 1. The van der Waals surface area contributed by atoms with Gasteiger partial charge in [0.2, 0.25) is 10.0 Å². The van der Waals surface area contributed by atoms with Crippen molar-refractivity contribution in [2.75, 3.05) is 25.4 Å². The first kappa shape index (κ1) is 14.9. The number of hydrogen-bond acceptors (Lipinski definition) is 3. The molecule has 2 atom stereocenters. The summed E-state index contributed by atoms with van der Waals surface area (Å²) in [6.07, 6.45) is 3.02. The predicted molar refractivity (Wildman–Crippen MR) is 71.5 cm³/mol. The number of nitrogens with one attached hydrogen (secondary N) is 1. The maximum atomic E-state index is 12.2. The molecule has 0 aromatic heterocycles. The van der Waals surface area contributed by atoms with Gasteiger partial charge in [-0.2, -0.15) is 4.31 Å². The summed E-state index contributed by atoms with van der Waals surface area (Å²) in [5, 5.41) is 3.15. The van der Waals surface area contributed by atoms with Gasteiger partial charge in [0.05, 0.1) is 5.75 Å². The van der Waals surface area contributed by atoms with E-state index in [0.29, 0.717) is 19.0 Å². The average Bonchev–Trinajstić information content (AvgIpc) is 2.24. The standard InChI is InChI=1S/C12H26N2O2S/c1-4-6-13-7-9-17(15,16)14-8-5-11(2)10-12(14)3/h11-13H,4-10H2,1-3H3. The maximum Gasteiger partial charge on any atom is 0.215 e. The zero-order chi connectivity index (χ0) is 12.9. The van der Waals surface area contributed by atoms with Crippen LogP contribution < -0.4 is 5.32 Å². The van der Waals surface area contributed by atoms with Gasteiger partial charge in [-0.1, -0.05) is 13.8 Å². The van der Waals surface area contributed by atoms with Gasteiger partial charge in [0, 0.05) is 19.1 Å². The lowest BCUT2D eigenvalue weighted by atomic mass is 9.95. The molecule has 1 heterocycles. The molecule has 17 heavy (non-hydrogen) atoms. The molecule has 102 valence electrons. The SMILES string of the molecule is CCCNCCS(=O)(=O)N1CCC(C)CC1C. The molecule has 0 saturated carbocycles.